The molecule has 2 aliphatic rings. The van der Waals surface area contributed by atoms with Crippen LogP contribution < -0.4 is 5.32 Å². The fourth-order valence-electron chi connectivity index (χ4n) is 2.74. The van der Waals surface area contributed by atoms with Crippen molar-refractivity contribution in [3.8, 4) is 0 Å². The number of hydrogen-bond acceptors (Lipinski definition) is 6. The van der Waals surface area contributed by atoms with Gasteiger partial charge in [0.05, 0.1) is 5.69 Å². The number of anilines is 2. The first-order valence-corrected chi connectivity index (χ1v) is 8.12. The van der Waals surface area contributed by atoms with Crippen molar-refractivity contribution in [3.63, 3.8) is 0 Å². The summed E-state index contributed by atoms with van der Waals surface area (Å²) in [6.07, 6.45) is 7.05. The van der Waals surface area contributed by atoms with Gasteiger partial charge in [0, 0.05) is 43.0 Å². The summed E-state index contributed by atoms with van der Waals surface area (Å²) in [5.74, 6) is 1.29. The molecule has 0 aliphatic carbocycles. The standard InChI is InChI=1S/C16H16N4OS/c21-12-2-1-7-20(10-12)9-11-3-4-14-13(8-11)19-15-16(22-14)18-6-5-17-15/h3-6,8,10,21H,1-2,7,9H2,(H,17,19). The molecule has 0 fully saturated rings. The minimum Gasteiger partial charge on any atom is -0.511 e. The Morgan fingerprint density at radius 2 is 2.18 bits per heavy atom. The zero-order valence-electron chi connectivity index (χ0n) is 12.0. The smallest absolute Gasteiger partial charge is 0.163 e. The lowest BCUT2D eigenvalue weighted by molar-refractivity contribution is 0.279. The van der Waals surface area contributed by atoms with Crippen LogP contribution in [0, 0.1) is 0 Å². The van der Waals surface area contributed by atoms with Crippen molar-refractivity contribution in [2.75, 3.05) is 11.9 Å². The van der Waals surface area contributed by atoms with E-state index in [1.807, 2.05) is 6.20 Å². The van der Waals surface area contributed by atoms with Crippen molar-refractivity contribution in [3.05, 3.63) is 48.1 Å². The maximum absolute atomic E-state index is 9.65. The van der Waals surface area contributed by atoms with Crippen molar-refractivity contribution in [2.45, 2.75) is 29.3 Å². The van der Waals surface area contributed by atoms with Gasteiger partial charge in [-0.2, -0.15) is 0 Å². The molecule has 1 aromatic carbocycles. The first-order chi connectivity index (χ1) is 10.8. The topological polar surface area (TPSA) is 61.3 Å². The first-order valence-electron chi connectivity index (χ1n) is 7.30. The molecule has 0 saturated heterocycles. The molecule has 0 bridgehead atoms. The van der Waals surface area contributed by atoms with E-state index >= 15 is 0 Å². The molecule has 2 N–H and O–H groups in total. The molecular formula is C16H16N4OS. The molecule has 0 atom stereocenters. The number of aliphatic hydroxyl groups excluding tert-OH is 1. The van der Waals surface area contributed by atoms with E-state index in [1.54, 1.807) is 24.2 Å². The predicted molar refractivity (Wildman–Crippen MR) is 86.2 cm³/mol. The summed E-state index contributed by atoms with van der Waals surface area (Å²) < 4.78 is 0. The van der Waals surface area contributed by atoms with Gasteiger partial charge < -0.3 is 15.3 Å². The lowest BCUT2D eigenvalue weighted by atomic mass is 10.1. The zero-order chi connectivity index (χ0) is 14.9. The number of allylic oxidation sites excluding steroid dienone is 1. The van der Waals surface area contributed by atoms with E-state index in [9.17, 15) is 5.11 Å². The molecule has 22 heavy (non-hydrogen) atoms. The quantitative estimate of drug-likeness (QED) is 0.753. The van der Waals surface area contributed by atoms with Crippen LogP contribution in [0.3, 0.4) is 0 Å². The van der Waals surface area contributed by atoms with Crippen molar-refractivity contribution in [2.24, 2.45) is 0 Å². The zero-order valence-corrected chi connectivity index (χ0v) is 12.8. The summed E-state index contributed by atoms with van der Waals surface area (Å²) in [5.41, 5.74) is 2.28. The van der Waals surface area contributed by atoms with E-state index in [-0.39, 0.29) is 0 Å². The van der Waals surface area contributed by atoms with E-state index in [0.29, 0.717) is 5.76 Å². The Labute approximate surface area is 133 Å². The van der Waals surface area contributed by atoms with E-state index in [0.717, 1.165) is 47.4 Å². The summed E-state index contributed by atoms with van der Waals surface area (Å²) >= 11 is 1.64. The molecular weight excluding hydrogens is 296 g/mol. The van der Waals surface area contributed by atoms with Crippen LogP contribution in [0.25, 0.3) is 0 Å². The Morgan fingerprint density at radius 3 is 3.09 bits per heavy atom. The highest BCUT2D eigenvalue weighted by atomic mass is 32.2. The minimum atomic E-state index is 0.474. The number of benzene rings is 1. The second-order valence-electron chi connectivity index (χ2n) is 5.46. The van der Waals surface area contributed by atoms with E-state index < -0.39 is 0 Å². The molecule has 0 saturated carbocycles. The SMILES string of the molecule is OC1=CN(Cc2ccc3c(c2)Nc2nccnc2S3)CCC1. The number of aliphatic hydroxyl groups is 1. The molecule has 5 nitrogen and oxygen atoms in total. The van der Waals surface area contributed by atoms with E-state index in [4.69, 9.17) is 0 Å². The maximum atomic E-state index is 9.65. The molecule has 2 aliphatic heterocycles. The summed E-state index contributed by atoms with van der Waals surface area (Å²) in [7, 11) is 0. The Morgan fingerprint density at radius 1 is 1.27 bits per heavy atom. The highest BCUT2D eigenvalue weighted by Crippen LogP contribution is 2.42. The van der Waals surface area contributed by atoms with Crippen molar-refractivity contribution in [1.29, 1.82) is 0 Å². The second-order valence-corrected chi connectivity index (χ2v) is 6.49. The third-order valence-corrected chi connectivity index (χ3v) is 4.83. The summed E-state index contributed by atoms with van der Waals surface area (Å²) in [6.45, 7) is 1.79. The highest BCUT2D eigenvalue weighted by Gasteiger charge is 2.18. The number of fused-ring (bicyclic) bond motifs is 2. The van der Waals surface area contributed by atoms with E-state index in [1.165, 1.54) is 5.56 Å². The number of aromatic nitrogens is 2. The largest absolute Gasteiger partial charge is 0.511 e. The second kappa shape index (κ2) is 5.53. The van der Waals surface area contributed by atoms with Crippen molar-refractivity contribution >= 4 is 23.3 Å². The fraction of sp³-hybridized carbons (Fsp3) is 0.250. The van der Waals surface area contributed by atoms with Crippen molar-refractivity contribution < 1.29 is 5.11 Å². The minimum absolute atomic E-state index is 0.474. The number of nitrogens with one attached hydrogen (secondary N) is 1. The first kappa shape index (κ1) is 13.5. The summed E-state index contributed by atoms with van der Waals surface area (Å²) in [5, 5.41) is 13.9. The lowest BCUT2D eigenvalue weighted by Crippen LogP contribution is -2.22. The van der Waals surface area contributed by atoms with E-state index in [2.05, 4.69) is 38.4 Å². The molecule has 0 radical (unpaired) electrons. The summed E-state index contributed by atoms with van der Waals surface area (Å²) in [4.78, 5) is 12.0. The molecule has 3 heterocycles. The molecule has 0 amide bonds. The molecule has 1 aromatic heterocycles. The average Bonchev–Trinajstić information content (AvgIpc) is 2.53. The maximum Gasteiger partial charge on any atom is 0.163 e. The van der Waals surface area contributed by atoms with Crippen LogP contribution in [-0.2, 0) is 6.54 Å². The van der Waals surface area contributed by atoms with Gasteiger partial charge in [-0.25, -0.2) is 9.97 Å². The molecule has 2 aromatic rings. The van der Waals surface area contributed by atoms with Gasteiger partial charge in [0.15, 0.2) is 5.82 Å². The van der Waals surface area contributed by atoms with Crippen LogP contribution in [0.4, 0.5) is 11.5 Å². The number of nitrogens with zero attached hydrogens (tertiary/aromatic N) is 3. The van der Waals surface area contributed by atoms with Crippen LogP contribution in [-0.4, -0.2) is 26.5 Å². The number of hydrogen-bond donors (Lipinski definition) is 2. The third kappa shape index (κ3) is 2.62. The monoisotopic (exact) mass is 312 g/mol. The van der Waals surface area contributed by atoms with Crippen LogP contribution >= 0.6 is 11.8 Å². The van der Waals surface area contributed by atoms with Gasteiger partial charge >= 0.3 is 0 Å². The normalized spacial score (nSPS) is 16.4. The Kier molecular flexibility index (Phi) is 3.38. The van der Waals surface area contributed by atoms with Gasteiger partial charge in [-0.05, 0) is 24.1 Å². The third-order valence-electron chi connectivity index (χ3n) is 3.76. The van der Waals surface area contributed by atoms with Crippen LogP contribution in [0.2, 0.25) is 0 Å². The fourth-order valence-corrected chi connectivity index (χ4v) is 3.62. The lowest BCUT2D eigenvalue weighted by Gasteiger charge is -2.25. The van der Waals surface area contributed by atoms with Crippen LogP contribution in [0.1, 0.15) is 18.4 Å². The summed E-state index contributed by atoms with van der Waals surface area (Å²) in [6, 6.07) is 6.40. The van der Waals surface area contributed by atoms with Gasteiger partial charge in [0.1, 0.15) is 10.8 Å². The van der Waals surface area contributed by atoms with Gasteiger partial charge in [-0.1, -0.05) is 17.8 Å². The molecule has 0 spiro atoms. The molecule has 6 heteroatoms. The van der Waals surface area contributed by atoms with Gasteiger partial charge in [0.2, 0.25) is 0 Å². The van der Waals surface area contributed by atoms with Gasteiger partial charge in [-0.3, -0.25) is 0 Å². The average molecular weight is 312 g/mol. The molecule has 112 valence electrons. The Hall–Kier alpha value is -2.21. The Balaban J connectivity index is 1.57. The molecule has 0 unspecified atom stereocenters. The van der Waals surface area contributed by atoms with Crippen LogP contribution in [0.15, 0.2) is 52.5 Å². The van der Waals surface area contributed by atoms with Gasteiger partial charge in [-0.15, -0.1) is 0 Å². The van der Waals surface area contributed by atoms with Crippen molar-refractivity contribution in [1.82, 2.24) is 14.9 Å². The Bertz CT molecular complexity index is 747. The van der Waals surface area contributed by atoms with Crippen LogP contribution in [0.5, 0.6) is 0 Å². The van der Waals surface area contributed by atoms with Gasteiger partial charge in [0.25, 0.3) is 0 Å². The predicted octanol–water partition coefficient (Wildman–Crippen LogP) is 3.68. The molecule has 4 rings (SSSR count). The number of rotatable bonds is 2. The highest BCUT2D eigenvalue weighted by molar-refractivity contribution is 7.99.